The van der Waals surface area contributed by atoms with Crippen LogP contribution in [0.2, 0.25) is 5.02 Å². The van der Waals surface area contributed by atoms with Crippen LogP contribution in [0.15, 0.2) is 24.3 Å². The van der Waals surface area contributed by atoms with Gasteiger partial charge in [-0.05, 0) is 62.3 Å². The molecule has 126 valence electrons. The first-order valence-electron chi connectivity index (χ1n) is 8.37. The Labute approximate surface area is 143 Å². The average molecular weight is 337 g/mol. The van der Waals surface area contributed by atoms with Crippen LogP contribution in [0.3, 0.4) is 0 Å². The number of amides is 2. The monoisotopic (exact) mass is 336 g/mol. The van der Waals surface area contributed by atoms with Crippen molar-refractivity contribution in [1.82, 2.24) is 10.6 Å². The molecule has 0 radical (unpaired) electrons. The molecule has 0 aliphatic heterocycles. The highest BCUT2D eigenvalue weighted by molar-refractivity contribution is 6.30. The summed E-state index contributed by atoms with van der Waals surface area (Å²) < 4.78 is 0. The van der Waals surface area contributed by atoms with Crippen molar-refractivity contribution in [2.45, 2.75) is 51.5 Å². The largest absolute Gasteiger partial charge is 0.353 e. The zero-order valence-electron chi connectivity index (χ0n) is 13.6. The topological polar surface area (TPSA) is 58.2 Å². The lowest BCUT2D eigenvalue weighted by Gasteiger charge is -2.26. The highest BCUT2D eigenvalue weighted by atomic mass is 35.5. The molecule has 1 saturated carbocycles. The second-order valence-electron chi connectivity index (χ2n) is 6.39. The fourth-order valence-corrected chi connectivity index (χ4v) is 2.98. The number of hydrogen-bond acceptors (Lipinski definition) is 2. The Morgan fingerprint density at radius 2 is 1.78 bits per heavy atom. The SMILES string of the molecule is CC1CCC(NC(=O)CCCNC(=O)c2ccc(Cl)cc2)CC1. The molecule has 0 spiro atoms. The highest BCUT2D eigenvalue weighted by Gasteiger charge is 2.19. The van der Waals surface area contributed by atoms with Crippen LogP contribution in [0, 0.1) is 5.92 Å². The van der Waals surface area contributed by atoms with E-state index < -0.39 is 0 Å². The first-order chi connectivity index (χ1) is 11.0. The molecule has 23 heavy (non-hydrogen) atoms. The van der Waals surface area contributed by atoms with Gasteiger partial charge in [0, 0.05) is 29.6 Å². The molecule has 2 N–H and O–H groups in total. The van der Waals surface area contributed by atoms with E-state index in [1.165, 1.54) is 12.8 Å². The van der Waals surface area contributed by atoms with Gasteiger partial charge in [0.15, 0.2) is 0 Å². The number of carbonyl (C=O) groups excluding carboxylic acids is 2. The molecular weight excluding hydrogens is 312 g/mol. The lowest BCUT2D eigenvalue weighted by Crippen LogP contribution is -2.37. The Morgan fingerprint density at radius 3 is 2.43 bits per heavy atom. The van der Waals surface area contributed by atoms with E-state index in [1.807, 2.05) is 0 Å². The lowest BCUT2D eigenvalue weighted by atomic mass is 9.87. The van der Waals surface area contributed by atoms with E-state index in [-0.39, 0.29) is 11.8 Å². The summed E-state index contributed by atoms with van der Waals surface area (Å²) in [6.45, 7) is 2.76. The van der Waals surface area contributed by atoms with Crippen molar-refractivity contribution in [3.63, 3.8) is 0 Å². The molecule has 2 rings (SSSR count). The van der Waals surface area contributed by atoms with Crippen molar-refractivity contribution >= 4 is 23.4 Å². The zero-order chi connectivity index (χ0) is 16.7. The van der Waals surface area contributed by atoms with E-state index in [1.54, 1.807) is 24.3 Å². The third-order valence-corrected chi connectivity index (χ3v) is 4.61. The van der Waals surface area contributed by atoms with Gasteiger partial charge in [-0.15, -0.1) is 0 Å². The van der Waals surface area contributed by atoms with Gasteiger partial charge in [0.05, 0.1) is 0 Å². The van der Waals surface area contributed by atoms with Gasteiger partial charge in [0.1, 0.15) is 0 Å². The van der Waals surface area contributed by atoms with Gasteiger partial charge in [-0.25, -0.2) is 0 Å². The molecule has 1 aliphatic rings. The van der Waals surface area contributed by atoms with Crippen LogP contribution in [0.25, 0.3) is 0 Å². The number of carbonyl (C=O) groups is 2. The fourth-order valence-electron chi connectivity index (χ4n) is 2.86. The maximum absolute atomic E-state index is 11.9. The highest BCUT2D eigenvalue weighted by Crippen LogP contribution is 2.23. The third-order valence-electron chi connectivity index (χ3n) is 4.35. The Hall–Kier alpha value is -1.55. The summed E-state index contributed by atoms with van der Waals surface area (Å²) in [4.78, 5) is 23.8. The standard InChI is InChI=1S/C18H25ClN2O2/c1-13-4-10-16(11-5-13)21-17(22)3-2-12-20-18(23)14-6-8-15(19)9-7-14/h6-9,13,16H,2-5,10-12H2,1H3,(H,20,23)(H,21,22). The summed E-state index contributed by atoms with van der Waals surface area (Å²) in [5, 5.41) is 6.53. The molecule has 5 heteroatoms. The molecule has 1 aliphatic carbocycles. The van der Waals surface area contributed by atoms with Crippen molar-refractivity contribution in [1.29, 1.82) is 0 Å². The molecular formula is C18H25ClN2O2. The normalized spacial score (nSPS) is 20.8. The van der Waals surface area contributed by atoms with Crippen molar-refractivity contribution in [3.8, 4) is 0 Å². The van der Waals surface area contributed by atoms with Gasteiger partial charge >= 0.3 is 0 Å². The van der Waals surface area contributed by atoms with E-state index in [2.05, 4.69) is 17.6 Å². The number of benzene rings is 1. The van der Waals surface area contributed by atoms with Gasteiger partial charge in [0.25, 0.3) is 5.91 Å². The van der Waals surface area contributed by atoms with E-state index in [4.69, 9.17) is 11.6 Å². The van der Waals surface area contributed by atoms with Crippen LogP contribution in [-0.4, -0.2) is 24.4 Å². The van der Waals surface area contributed by atoms with Gasteiger partial charge in [-0.2, -0.15) is 0 Å². The first-order valence-corrected chi connectivity index (χ1v) is 8.75. The minimum atomic E-state index is -0.136. The van der Waals surface area contributed by atoms with Crippen molar-refractivity contribution in [2.24, 2.45) is 5.92 Å². The zero-order valence-corrected chi connectivity index (χ0v) is 14.4. The molecule has 0 unspecified atom stereocenters. The maximum Gasteiger partial charge on any atom is 0.251 e. The van der Waals surface area contributed by atoms with Crippen molar-refractivity contribution in [3.05, 3.63) is 34.9 Å². The number of nitrogens with one attached hydrogen (secondary N) is 2. The molecule has 0 heterocycles. The van der Waals surface area contributed by atoms with Crippen LogP contribution in [-0.2, 0) is 4.79 Å². The van der Waals surface area contributed by atoms with E-state index in [0.717, 1.165) is 18.8 Å². The van der Waals surface area contributed by atoms with Crippen LogP contribution < -0.4 is 10.6 Å². The predicted octanol–water partition coefficient (Wildman–Crippen LogP) is 3.54. The third kappa shape index (κ3) is 6.22. The smallest absolute Gasteiger partial charge is 0.251 e. The number of halogens is 1. The van der Waals surface area contributed by atoms with Gasteiger partial charge in [-0.3, -0.25) is 9.59 Å². The summed E-state index contributed by atoms with van der Waals surface area (Å²) in [5.74, 6) is 0.736. The van der Waals surface area contributed by atoms with Gasteiger partial charge in [-0.1, -0.05) is 18.5 Å². The van der Waals surface area contributed by atoms with E-state index >= 15 is 0 Å². The van der Waals surface area contributed by atoms with Crippen LogP contribution in [0.5, 0.6) is 0 Å². The molecule has 0 aromatic heterocycles. The number of rotatable bonds is 6. The van der Waals surface area contributed by atoms with Crippen molar-refractivity contribution in [2.75, 3.05) is 6.54 Å². The first kappa shape index (κ1) is 17.8. The molecule has 0 atom stereocenters. The van der Waals surface area contributed by atoms with Crippen LogP contribution >= 0.6 is 11.6 Å². The second kappa shape index (κ2) is 8.92. The minimum Gasteiger partial charge on any atom is -0.353 e. The predicted molar refractivity (Wildman–Crippen MR) is 92.6 cm³/mol. The quantitative estimate of drug-likeness (QED) is 0.780. The maximum atomic E-state index is 11.9. The summed E-state index contributed by atoms with van der Waals surface area (Å²) in [6.07, 6.45) is 5.66. The summed E-state index contributed by atoms with van der Waals surface area (Å²) in [5.41, 5.74) is 0.579. The molecule has 2 amide bonds. The van der Waals surface area contributed by atoms with Crippen molar-refractivity contribution < 1.29 is 9.59 Å². The Kier molecular flexibility index (Phi) is 6.90. The molecule has 0 bridgehead atoms. The van der Waals surface area contributed by atoms with E-state index in [0.29, 0.717) is 36.0 Å². The van der Waals surface area contributed by atoms with Crippen LogP contribution in [0.1, 0.15) is 55.8 Å². The van der Waals surface area contributed by atoms with Gasteiger partial charge in [0.2, 0.25) is 5.91 Å². The Balaban J connectivity index is 1.60. The lowest BCUT2D eigenvalue weighted by molar-refractivity contribution is -0.122. The summed E-state index contributed by atoms with van der Waals surface area (Å²) in [6, 6.07) is 7.09. The molecule has 0 saturated heterocycles. The second-order valence-corrected chi connectivity index (χ2v) is 6.83. The number of hydrogen-bond donors (Lipinski definition) is 2. The van der Waals surface area contributed by atoms with E-state index in [9.17, 15) is 9.59 Å². The molecule has 1 fully saturated rings. The summed E-state index contributed by atoms with van der Waals surface area (Å²) in [7, 11) is 0. The molecule has 1 aromatic rings. The van der Waals surface area contributed by atoms with Gasteiger partial charge < -0.3 is 10.6 Å². The Bertz CT molecular complexity index is 522. The fraction of sp³-hybridized carbons (Fsp3) is 0.556. The molecule has 1 aromatic carbocycles. The van der Waals surface area contributed by atoms with Crippen LogP contribution in [0.4, 0.5) is 0 Å². The molecule has 4 nitrogen and oxygen atoms in total. The Morgan fingerprint density at radius 1 is 1.13 bits per heavy atom. The minimum absolute atomic E-state index is 0.0882. The summed E-state index contributed by atoms with van der Waals surface area (Å²) >= 11 is 5.79. The average Bonchev–Trinajstić information content (AvgIpc) is 2.54.